The summed E-state index contributed by atoms with van der Waals surface area (Å²) < 4.78 is 48.7. The SMILES string of the molecule is COc1ccc(-n2nc(C(F)(F)F)c3c2C(=O)N(c2ccc(C(=O)N(C)C)cc2)CC3)c(C(=O)NC(C)CN(C)C)c1. The van der Waals surface area contributed by atoms with Gasteiger partial charge in [0.1, 0.15) is 11.4 Å². The molecule has 1 aliphatic rings. The lowest BCUT2D eigenvalue weighted by Crippen LogP contribution is -2.40. The van der Waals surface area contributed by atoms with Gasteiger partial charge in [-0.25, -0.2) is 4.68 Å². The predicted octanol–water partition coefficient (Wildman–Crippen LogP) is 3.48. The number of ether oxygens (including phenoxy) is 1. The Labute approximate surface area is 241 Å². The number of fused-ring (bicyclic) bond motifs is 1. The van der Waals surface area contributed by atoms with Crippen molar-refractivity contribution < 1.29 is 32.3 Å². The first-order chi connectivity index (χ1) is 19.7. The van der Waals surface area contributed by atoms with Gasteiger partial charge in [-0.2, -0.15) is 18.3 Å². The number of carbonyl (C=O) groups excluding carboxylic acids is 3. The van der Waals surface area contributed by atoms with E-state index in [4.69, 9.17) is 4.74 Å². The van der Waals surface area contributed by atoms with Gasteiger partial charge in [0.2, 0.25) is 0 Å². The fourth-order valence-electron chi connectivity index (χ4n) is 4.95. The maximum absolute atomic E-state index is 14.2. The summed E-state index contributed by atoms with van der Waals surface area (Å²) in [5, 5.41) is 6.71. The Morgan fingerprint density at radius 2 is 1.76 bits per heavy atom. The first-order valence-electron chi connectivity index (χ1n) is 13.2. The highest BCUT2D eigenvalue weighted by atomic mass is 19.4. The summed E-state index contributed by atoms with van der Waals surface area (Å²) in [6, 6.07) is 10.3. The first-order valence-corrected chi connectivity index (χ1v) is 13.2. The van der Waals surface area contributed by atoms with Gasteiger partial charge < -0.3 is 24.8 Å². The van der Waals surface area contributed by atoms with Crippen LogP contribution >= 0.6 is 0 Å². The molecule has 1 aliphatic heterocycles. The molecule has 0 spiro atoms. The third kappa shape index (κ3) is 6.10. The molecule has 224 valence electrons. The van der Waals surface area contributed by atoms with Crippen molar-refractivity contribution in [2.24, 2.45) is 0 Å². The molecule has 3 aromatic rings. The summed E-state index contributed by atoms with van der Waals surface area (Å²) in [6.45, 7) is 2.29. The molecule has 1 aromatic heterocycles. The minimum Gasteiger partial charge on any atom is -0.497 e. The monoisotopic (exact) mass is 586 g/mol. The van der Waals surface area contributed by atoms with Gasteiger partial charge in [0.25, 0.3) is 17.7 Å². The molecule has 42 heavy (non-hydrogen) atoms. The molecule has 2 heterocycles. The van der Waals surface area contributed by atoms with Gasteiger partial charge in [0.05, 0.1) is 18.4 Å². The van der Waals surface area contributed by atoms with Crippen LogP contribution in [0.3, 0.4) is 0 Å². The van der Waals surface area contributed by atoms with Crippen LogP contribution in [0.4, 0.5) is 18.9 Å². The van der Waals surface area contributed by atoms with Gasteiger partial charge in [0.15, 0.2) is 5.69 Å². The van der Waals surface area contributed by atoms with Gasteiger partial charge in [-0.1, -0.05) is 0 Å². The maximum atomic E-state index is 14.2. The number of nitrogens with zero attached hydrogens (tertiary/aromatic N) is 5. The number of benzene rings is 2. The smallest absolute Gasteiger partial charge is 0.435 e. The molecule has 0 fully saturated rings. The van der Waals surface area contributed by atoms with Crippen molar-refractivity contribution >= 4 is 23.4 Å². The van der Waals surface area contributed by atoms with Crippen LogP contribution in [-0.2, 0) is 12.6 Å². The van der Waals surface area contributed by atoms with Crippen LogP contribution in [0, 0.1) is 0 Å². The number of likely N-dealkylation sites (N-methyl/N-ethyl adjacent to an activating group) is 1. The van der Waals surface area contributed by atoms with E-state index in [1.165, 1.54) is 35.1 Å². The average molecular weight is 587 g/mol. The lowest BCUT2D eigenvalue weighted by Gasteiger charge is -2.28. The van der Waals surface area contributed by atoms with Gasteiger partial charge in [0, 0.05) is 50.0 Å². The second-order valence-corrected chi connectivity index (χ2v) is 10.6. The number of rotatable bonds is 8. The van der Waals surface area contributed by atoms with Crippen LogP contribution in [0.1, 0.15) is 49.4 Å². The molecular weight excluding hydrogens is 553 g/mol. The van der Waals surface area contributed by atoms with E-state index in [9.17, 15) is 27.6 Å². The second-order valence-electron chi connectivity index (χ2n) is 10.6. The zero-order chi connectivity index (χ0) is 30.9. The Hall–Kier alpha value is -4.39. The number of alkyl halides is 3. The van der Waals surface area contributed by atoms with E-state index in [-0.39, 0.29) is 47.4 Å². The number of anilines is 1. The molecule has 2 aromatic carbocycles. The minimum absolute atomic E-state index is 0.000712. The van der Waals surface area contributed by atoms with E-state index in [0.29, 0.717) is 23.5 Å². The summed E-state index contributed by atoms with van der Waals surface area (Å²) in [6.07, 6.45) is -4.95. The Morgan fingerprint density at radius 3 is 2.33 bits per heavy atom. The van der Waals surface area contributed by atoms with Crippen molar-refractivity contribution in [2.45, 2.75) is 25.6 Å². The van der Waals surface area contributed by atoms with Crippen LogP contribution in [0.2, 0.25) is 0 Å². The Bertz CT molecular complexity index is 1500. The zero-order valence-electron chi connectivity index (χ0n) is 24.2. The van der Waals surface area contributed by atoms with Crippen LogP contribution in [0.5, 0.6) is 5.75 Å². The highest BCUT2D eigenvalue weighted by Crippen LogP contribution is 2.38. The van der Waals surface area contributed by atoms with Crippen LogP contribution in [0.25, 0.3) is 5.69 Å². The second kappa shape index (κ2) is 11.8. The topological polar surface area (TPSA) is 100 Å². The van der Waals surface area contributed by atoms with Crippen molar-refractivity contribution in [3.8, 4) is 11.4 Å². The van der Waals surface area contributed by atoms with E-state index in [2.05, 4.69) is 10.4 Å². The molecule has 3 amide bonds. The van der Waals surface area contributed by atoms with Gasteiger partial charge in [-0.15, -0.1) is 0 Å². The number of aromatic nitrogens is 2. The highest BCUT2D eigenvalue weighted by Gasteiger charge is 2.43. The lowest BCUT2D eigenvalue weighted by molar-refractivity contribution is -0.141. The third-order valence-corrected chi connectivity index (χ3v) is 6.81. The predicted molar refractivity (Wildman–Crippen MR) is 150 cm³/mol. The molecule has 1 unspecified atom stereocenters. The molecule has 1 atom stereocenters. The molecule has 0 radical (unpaired) electrons. The molecule has 13 heteroatoms. The summed E-state index contributed by atoms with van der Waals surface area (Å²) in [5.41, 5.74) is -0.910. The quantitative estimate of drug-likeness (QED) is 0.434. The van der Waals surface area contributed by atoms with E-state index >= 15 is 0 Å². The minimum atomic E-state index is -4.83. The first kappa shape index (κ1) is 30.6. The van der Waals surface area contributed by atoms with Crippen LogP contribution in [0.15, 0.2) is 42.5 Å². The number of methoxy groups -OCH3 is 1. The fraction of sp³-hybridized carbons (Fsp3) is 0.379. The Kier molecular flexibility index (Phi) is 8.62. The number of halogens is 3. The van der Waals surface area contributed by atoms with E-state index in [1.54, 1.807) is 45.3 Å². The molecule has 0 bridgehead atoms. The molecular formula is C29H33F3N6O4. The van der Waals surface area contributed by atoms with Crippen LogP contribution in [-0.4, -0.2) is 91.7 Å². The summed E-state index contributed by atoms with van der Waals surface area (Å²) in [5.74, 6) is -1.19. The number of amides is 3. The number of nitrogens with one attached hydrogen (secondary N) is 1. The maximum Gasteiger partial charge on any atom is 0.435 e. The van der Waals surface area contributed by atoms with Crippen molar-refractivity contribution in [3.63, 3.8) is 0 Å². The molecule has 4 rings (SSSR count). The Balaban J connectivity index is 1.82. The van der Waals surface area contributed by atoms with Crippen molar-refractivity contribution in [1.29, 1.82) is 0 Å². The average Bonchev–Trinajstić information content (AvgIpc) is 3.33. The molecule has 0 aliphatic carbocycles. The number of carbonyl (C=O) groups is 3. The molecule has 0 saturated heterocycles. The zero-order valence-corrected chi connectivity index (χ0v) is 24.2. The summed E-state index contributed by atoms with van der Waals surface area (Å²) in [7, 11) is 8.32. The van der Waals surface area contributed by atoms with Gasteiger partial charge in [-0.3, -0.25) is 14.4 Å². The normalized spacial score (nSPS) is 14.0. The highest BCUT2D eigenvalue weighted by molar-refractivity contribution is 6.08. The lowest BCUT2D eigenvalue weighted by atomic mass is 10.0. The van der Waals surface area contributed by atoms with Gasteiger partial charge in [-0.05, 0) is 69.9 Å². The number of hydrogen-bond donors (Lipinski definition) is 1. The molecule has 1 N–H and O–H groups in total. The van der Waals surface area contributed by atoms with E-state index in [1.807, 2.05) is 19.0 Å². The van der Waals surface area contributed by atoms with E-state index in [0.717, 1.165) is 4.68 Å². The standard InChI is InChI=1S/C29H33F3N6O4/c1-17(16-35(2)3)33-26(39)22-15-20(42-6)11-12-23(22)38-24-21(25(34-38)29(30,31)32)13-14-37(28(24)41)19-9-7-18(8-10-19)27(40)36(4)5/h7-12,15,17H,13-14,16H2,1-6H3,(H,33,39). The Morgan fingerprint density at radius 1 is 1.10 bits per heavy atom. The van der Waals surface area contributed by atoms with Crippen molar-refractivity contribution in [1.82, 2.24) is 24.9 Å². The largest absolute Gasteiger partial charge is 0.497 e. The van der Waals surface area contributed by atoms with Gasteiger partial charge >= 0.3 is 6.18 Å². The summed E-state index contributed by atoms with van der Waals surface area (Å²) in [4.78, 5) is 44.2. The van der Waals surface area contributed by atoms with E-state index < -0.39 is 23.7 Å². The van der Waals surface area contributed by atoms with Crippen molar-refractivity contribution in [2.75, 3.05) is 53.3 Å². The molecule has 10 nitrogen and oxygen atoms in total. The van der Waals surface area contributed by atoms with Crippen molar-refractivity contribution in [3.05, 3.63) is 70.5 Å². The summed E-state index contributed by atoms with van der Waals surface area (Å²) >= 11 is 0. The number of hydrogen-bond acceptors (Lipinski definition) is 6. The fourth-order valence-corrected chi connectivity index (χ4v) is 4.95. The third-order valence-electron chi connectivity index (χ3n) is 6.81. The van der Waals surface area contributed by atoms with Crippen LogP contribution < -0.4 is 15.0 Å². The molecule has 0 saturated carbocycles.